The average Bonchev–Trinajstić information content (AvgIpc) is 3.39. The van der Waals surface area contributed by atoms with E-state index in [1.165, 1.54) is 33.2 Å². The molecule has 0 amide bonds. The fourth-order valence-electron chi connectivity index (χ4n) is 4.38. The van der Waals surface area contributed by atoms with Crippen molar-refractivity contribution in [1.29, 1.82) is 0 Å². The second kappa shape index (κ2) is 10.6. The molecule has 0 aliphatic heterocycles. The van der Waals surface area contributed by atoms with Crippen LogP contribution in [0.5, 0.6) is 0 Å². The van der Waals surface area contributed by atoms with Crippen molar-refractivity contribution >= 4 is 37.7 Å². The van der Waals surface area contributed by atoms with Gasteiger partial charge in [0, 0.05) is 0 Å². The first kappa shape index (κ1) is 35.1. The van der Waals surface area contributed by atoms with E-state index in [2.05, 4.69) is 118 Å². The molecule has 4 nitrogen and oxygen atoms in total. The molecule has 0 spiro atoms. The molecule has 2 heterocycles. The molecule has 5 aromatic rings. The number of nitrogens with zero attached hydrogens (tertiary/aromatic N) is 4. The van der Waals surface area contributed by atoms with E-state index in [1.54, 1.807) is 0 Å². The second-order valence-electron chi connectivity index (χ2n) is 9.77. The minimum atomic E-state index is -10.7. The van der Waals surface area contributed by atoms with Gasteiger partial charge in [-0.15, -0.1) is 0 Å². The molecule has 0 saturated carbocycles. The van der Waals surface area contributed by atoms with E-state index < -0.39 is 15.6 Å². The maximum atomic E-state index is 9.87. The molecule has 0 saturated heterocycles. The van der Waals surface area contributed by atoms with Crippen molar-refractivity contribution in [3.05, 3.63) is 96.6 Å². The molecule has 0 atom stereocenters. The molecule has 0 aliphatic carbocycles. The zero-order valence-corrected chi connectivity index (χ0v) is 24.9. The van der Waals surface area contributed by atoms with E-state index in [1.807, 2.05) is 0 Å². The Morgan fingerprint density at radius 2 is 0.750 bits per heavy atom. The quantitative estimate of drug-likeness (QED) is 0.0962. The van der Waals surface area contributed by atoms with Crippen molar-refractivity contribution < 1.29 is 59.5 Å². The molecule has 0 radical (unpaired) electrons. The molecule has 0 unspecified atom stereocenters. The van der Waals surface area contributed by atoms with Crippen molar-refractivity contribution in [2.24, 2.45) is 0 Å². The van der Waals surface area contributed by atoms with Crippen LogP contribution in [-0.2, 0) is 26.2 Å². The van der Waals surface area contributed by atoms with Gasteiger partial charge in [0.1, 0.15) is 13.1 Å². The molecule has 246 valence electrons. The van der Waals surface area contributed by atoms with Gasteiger partial charge >= 0.3 is 66.0 Å². The van der Waals surface area contributed by atoms with Gasteiger partial charge in [0.2, 0.25) is 12.7 Å². The van der Waals surface area contributed by atoms with Gasteiger partial charge in [-0.1, -0.05) is 48.5 Å². The Morgan fingerprint density at radius 1 is 0.477 bits per heavy atom. The predicted octanol–water partition coefficient (Wildman–Crippen LogP) is 11.1. The molecule has 0 bridgehead atoms. The summed E-state index contributed by atoms with van der Waals surface area (Å²) in [5.74, 6) is 0. The number of hydrogen-bond acceptors (Lipinski definition) is 0. The van der Waals surface area contributed by atoms with E-state index in [9.17, 15) is 50.4 Å². The first-order valence-electron chi connectivity index (χ1n) is 12.8. The van der Waals surface area contributed by atoms with E-state index in [4.69, 9.17) is 0 Å². The third kappa shape index (κ3) is 13.1. The number of para-hydroxylation sites is 4. The number of benzene rings is 3. The number of fused-ring (bicyclic) bond motifs is 2. The van der Waals surface area contributed by atoms with Crippen LogP contribution in [0.1, 0.15) is 25.0 Å². The molecule has 0 fully saturated rings. The normalized spacial score (nSPS) is 15.2. The van der Waals surface area contributed by atoms with Crippen LogP contribution in [0.15, 0.2) is 85.5 Å². The van der Waals surface area contributed by atoms with Gasteiger partial charge in [-0.25, -0.2) is 18.3 Å². The van der Waals surface area contributed by atoms with Crippen LogP contribution in [0, 0.1) is 0 Å². The summed E-state index contributed by atoms with van der Waals surface area (Å²) < 4.78 is 128. The molecule has 5 rings (SSSR count). The Kier molecular flexibility index (Phi) is 8.47. The summed E-state index contributed by atoms with van der Waals surface area (Å²) in [6.07, 6.45) is 4.46. The predicted molar refractivity (Wildman–Crippen MR) is 147 cm³/mol. The monoisotopic (exact) mass is 686 g/mol. The third-order valence-electron chi connectivity index (χ3n) is 5.97. The first-order valence-corrected chi connectivity index (χ1v) is 16.9. The van der Waals surface area contributed by atoms with Crippen LogP contribution in [0.4, 0.5) is 50.4 Å². The van der Waals surface area contributed by atoms with Gasteiger partial charge < -0.3 is 0 Å². The van der Waals surface area contributed by atoms with Crippen LogP contribution in [0.2, 0.25) is 0 Å². The van der Waals surface area contributed by atoms with Crippen molar-refractivity contribution in [3.63, 3.8) is 0 Å². The summed E-state index contributed by atoms with van der Waals surface area (Å²) in [4.78, 5) is 0. The van der Waals surface area contributed by atoms with Gasteiger partial charge in [0.05, 0.1) is 13.1 Å². The SMILES string of the molecule is CCn1c[n+](Cc2ccc(C[n+]3cn(CC)c4ccccc43)cc2)c2ccccc21.F[P-](F)(F)(F)(F)F.F[P-](F)(F)(F)(F)F. The van der Waals surface area contributed by atoms with Crippen molar-refractivity contribution in [1.82, 2.24) is 9.13 Å². The number of halogens is 12. The first-order chi connectivity index (χ1) is 19.7. The van der Waals surface area contributed by atoms with Crippen LogP contribution in [0.3, 0.4) is 0 Å². The minimum absolute atomic E-state index is 0.885. The number of aromatic nitrogens is 4. The maximum absolute atomic E-state index is 10.7. The summed E-state index contributed by atoms with van der Waals surface area (Å²) in [6, 6.07) is 26.3. The second-order valence-corrected chi connectivity index (χ2v) is 13.6. The van der Waals surface area contributed by atoms with E-state index >= 15 is 0 Å². The summed E-state index contributed by atoms with van der Waals surface area (Å²) >= 11 is 0. The van der Waals surface area contributed by atoms with Crippen LogP contribution < -0.4 is 9.13 Å². The fourth-order valence-corrected chi connectivity index (χ4v) is 4.38. The Hall–Kier alpha value is -3.38. The van der Waals surface area contributed by atoms with Crippen LogP contribution in [0.25, 0.3) is 22.1 Å². The van der Waals surface area contributed by atoms with Crippen molar-refractivity contribution in [3.8, 4) is 0 Å². The van der Waals surface area contributed by atoms with Crippen molar-refractivity contribution in [2.75, 3.05) is 0 Å². The molecular formula is C26H28F12N4P2. The Morgan fingerprint density at radius 3 is 1.02 bits per heavy atom. The van der Waals surface area contributed by atoms with Gasteiger partial charge in [0.15, 0.2) is 22.1 Å². The summed E-state index contributed by atoms with van der Waals surface area (Å²) in [5, 5.41) is 0. The number of rotatable bonds is 6. The summed E-state index contributed by atoms with van der Waals surface area (Å²) in [5.41, 5.74) is 7.80. The zero-order chi connectivity index (χ0) is 33.3. The molecular weight excluding hydrogens is 658 g/mol. The standard InChI is InChI=1S/C26H28N4.2F6P/c1-3-27-19-29(25-11-7-5-9-23(25)27)17-21-13-15-22(16-14-21)18-30-20-28(4-2)24-10-6-8-12-26(24)30;2*1-7(2,3,4,5)6/h5-16,19-20H,3-4,17-18H2,1-2H3;;/q+2;2*-1. The molecule has 2 aromatic heterocycles. The van der Waals surface area contributed by atoms with E-state index in [-0.39, 0.29) is 0 Å². The Labute approximate surface area is 243 Å². The van der Waals surface area contributed by atoms with E-state index in [0.29, 0.717) is 0 Å². The molecule has 18 heteroatoms. The van der Waals surface area contributed by atoms with E-state index in [0.717, 1.165) is 26.2 Å². The Balaban J connectivity index is 0.000000317. The van der Waals surface area contributed by atoms with Crippen LogP contribution in [-0.4, -0.2) is 9.13 Å². The Bertz CT molecular complexity index is 1610. The number of hydrogen-bond donors (Lipinski definition) is 0. The molecule has 0 N–H and O–H groups in total. The van der Waals surface area contributed by atoms with Gasteiger partial charge in [-0.3, -0.25) is 0 Å². The van der Waals surface area contributed by atoms with Crippen LogP contribution >= 0.6 is 15.6 Å². The molecule has 44 heavy (non-hydrogen) atoms. The van der Waals surface area contributed by atoms with Gasteiger partial charge in [0.25, 0.3) is 0 Å². The number of aryl methyl sites for hydroxylation is 2. The average molecular weight is 686 g/mol. The van der Waals surface area contributed by atoms with Gasteiger partial charge in [-0.2, -0.15) is 0 Å². The summed E-state index contributed by atoms with van der Waals surface area (Å²) in [6.45, 7) is 8.12. The zero-order valence-electron chi connectivity index (χ0n) is 23.1. The topological polar surface area (TPSA) is 17.6 Å². The molecule has 0 aliphatic rings. The summed E-state index contributed by atoms with van der Waals surface area (Å²) in [7, 11) is -21.3. The third-order valence-corrected chi connectivity index (χ3v) is 5.97. The van der Waals surface area contributed by atoms with Crippen molar-refractivity contribution in [2.45, 2.75) is 40.0 Å². The fraction of sp³-hybridized carbons (Fsp3) is 0.231. The molecule has 3 aromatic carbocycles. The number of imidazole rings is 2. The van der Waals surface area contributed by atoms with Gasteiger partial charge in [-0.05, 0) is 49.2 Å².